The van der Waals surface area contributed by atoms with Gasteiger partial charge in [0.15, 0.2) is 0 Å². The second-order valence-corrected chi connectivity index (χ2v) is 5.88. The zero-order chi connectivity index (χ0) is 21.8. The molecule has 0 aliphatic carbocycles. The molecule has 0 saturated heterocycles. The fraction of sp³-hybridized carbons (Fsp3) is 0.333. The van der Waals surface area contributed by atoms with Crippen molar-refractivity contribution in [2.45, 2.75) is 61.8 Å². The van der Waals surface area contributed by atoms with Crippen molar-refractivity contribution in [3.05, 3.63) is 77.0 Å². The predicted molar refractivity (Wildman–Crippen MR) is 129 cm³/mol. The highest BCUT2D eigenvalue weighted by Gasteiger charge is 2.00. The summed E-state index contributed by atoms with van der Waals surface area (Å²) < 4.78 is 0. The van der Waals surface area contributed by atoms with Crippen LogP contribution < -0.4 is 5.73 Å². The van der Waals surface area contributed by atoms with E-state index in [9.17, 15) is 0 Å². The highest BCUT2D eigenvalue weighted by Crippen LogP contribution is 2.21. The van der Waals surface area contributed by atoms with Crippen LogP contribution in [0.5, 0.6) is 0 Å². The maximum Gasteiger partial charge on any atom is -0.00168 e. The molecule has 0 heterocycles. The first kappa shape index (κ1) is 27.3. The third-order valence-corrected chi connectivity index (χ3v) is 3.38. The van der Waals surface area contributed by atoms with Gasteiger partial charge in [0, 0.05) is 0 Å². The second-order valence-electron chi connectivity index (χ2n) is 5.88. The number of nitrogens with two attached hydrogens (primary N) is 1. The number of aryl methyl sites for hydroxylation is 2. The van der Waals surface area contributed by atoms with Crippen LogP contribution in [0.4, 0.5) is 0 Å². The van der Waals surface area contributed by atoms with Crippen LogP contribution in [0.2, 0.25) is 0 Å². The molecule has 1 aromatic carbocycles. The number of hydrogen-bond acceptors (Lipinski definition) is 1. The van der Waals surface area contributed by atoms with E-state index in [1.165, 1.54) is 27.8 Å². The first-order valence-corrected chi connectivity index (χ1v) is 9.77. The summed E-state index contributed by atoms with van der Waals surface area (Å²) in [7, 11) is 0. The smallest absolute Gasteiger partial charge is 0.00168 e. The van der Waals surface area contributed by atoms with E-state index in [1.54, 1.807) is 20.0 Å². The third kappa shape index (κ3) is 14.3. The Morgan fingerprint density at radius 1 is 0.964 bits per heavy atom. The molecule has 0 saturated carbocycles. The largest absolute Gasteiger partial charge is 0.405 e. The quantitative estimate of drug-likeness (QED) is 0.430. The van der Waals surface area contributed by atoms with Gasteiger partial charge in [0.05, 0.1) is 0 Å². The highest BCUT2D eigenvalue weighted by molar-refractivity contribution is 5.75. The maximum absolute atomic E-state index is 5.30. The summed E-state index contributed by atoms with van der Waals surface area (Å²) in [5, 5.41) is 0. The molecule has 0 atom stereocenters. The van der Waals surface area contributed by atoms with E-state index in [0.717, 1.165) is 6.42 Å². The van der Waals surface area contributed by atoms with Gasteiger partial charge < -0.3 is 5.73 Å². The Morgan fingerprint density at radius 2 is 1.50 bits per heavy atom. The van der Waals surface area contributed by atoms with Crippen LogP contribution in [0.15, 0.2) is 60.4 Å². The monoisotopic (exact) mass is 375 g/mol. The van der Waals surface area contributed by atoms with E-state index in [-0.39, 0.29) is 0 Å². The summed E-state index contributed by atoms with van der Waals surface area (Å²) >= 11 is 0. The lowest BCUT2D eigenvalue weighted by molar-refractivity contribution is 1.21. The van der Waals surface area contributed by atoms with E-state index >= 15 is 0 Å². The molecule has 0 spiro atoms. The molecule has 150 valence electrons. The molecule has 28 heavy (non-hydrogen) atoms. The third-order valence-electron chi connectivity index (χ3n) is 3.38. The average Bonchev–Trinajstić information content (AvgIpc) is 2.69. The minimum atomic E-state index is 0.937. The molecule has 0 radical (unpaired) electrons. The molecule has 0 amide bonds. The fourth-order valence-electron chi connectivity index (χ4n) is 2.32. The Labute approximate surface area is 174 Å². The van der Waals surface area contributed by atoms with E-state index in [4.69, 9.17) is 5.73 Å². The first-order chi connectivity index (χ1) is 13.5. The number of hydrogen-bond donors (Lipinski definition) is 1. The molecule has 0 aliphatic rings. The van der Waals surface area contributed by atoms with E-state index < -0.39 is 0 Å². The Hall–Kier alpha value is -2.90. The van der Waals surface area contributed by atoms with E-state index in [2.05, 4.69) is 87.8 Å². The zero-order valence-electron chi connectivity index (χ0n) is 19.0. The summed E-state index contributed by atoms with van der Waals surface area (Å²) in [4.78, 5) is 0. The van der Waals surface area contributed by atoms with Crippen molar-refractivity contribution < 1.29 is 0 Å². The number of benzene rings is 1. The molecule has 0 aromatic heterocycles. The van der Waals surface area contributed by atoms with Crippen molar-refractivity contribution in [3.63, 3.8) is 0 Å². The Morgan fingerprint density at radius 3 is 1.93 bits per heavy atom. The van der Waals surface area contributed by atoms with Crippen LogP contribution in [0, 0.1) is 37.5 Å². The summed E-state index contributed by atoms with van der Waals surface area (Å²) in [5.74, 6) is 10.5. The van der Waals surface area contributed by atoms with Crippen molar-refractivity contribution in [2.75, 3.05) is 0 Å². The SMILES string of the molecule is C/C=C(\C=C(/C)C/C=C\C=C/N)c1cc(C)cc(C)c1.CC.CC#CC#CC. The van der Waals surface area contributed by atoms with Gasteiger partial charge in [0.25, 0.3) is 0 Å². The lowest BCUT2D eigenvalue weighted by Crippen LogP contribution is -1.87. The fourth-order valence-corrected chi connectivity index (χ4v) is 2.32. The summed E-state index contributed by atoms with van der Waals surface area (Å²) in [6, 6.07) is 6.67. The van der Waals surface area contributed by atoms with Gasteiger partial charge >= 0.3 is 0 Å². The van der Waals surface area contributed by atoms with Crippen molar-refractivity contribution in [2.24, 2.45) is 5.73 Å². The molecule has 1 rings (SSSR count). The van der Waals surface area contributed by atoms with Gasteiger partial charge in [-0.05, 0) is 83.2 Å². The normalized spacial score (nSPS) is 10.7. The van der Waals surface area contributed by atoms with Gasteiger partial charge in [-0.3, -0.25) is 0 Å². The molecular formula is C27H37N. The van der Waals surface area contributed by atoms with Crippen LogP contribution >= 0.6 is 0 Å². The standard InChI is InChI=1S/C19H25N.C6H6.C2H6/c1-5-18(12-15(2)9-7-6-8-10-20)19-13-16(3)11-17(4)14-19;1-3-5-6-4-2;1-2/h5-8,10-14H,9,20H2,1-4H3;1-2H3;1-2H3/b7-6-,10-8-,15-12+,18-5+;;. The second kappa shape index (κ2) is 18.9. The molecule has 0 aliphatic heterocycles. The van der Waals surface area contributed by atoms with Crippen LogP contribution in [-0.4, -0.2) is 0 Å². The van der Waals surface area contributed by atoms with Gasteiger partial charge in [0.1, 0.15) is 0 Å². The van der Waals surface area contributed by atoms with Crippen molar-refractivity contribution in [1.82, 2.24) is 0 Å². The highest BCUT2D eigenvalue weighted by atomic mass is 14.5. The Balaban J connectivity index is 0. The van der Waals surface area contributed by atoms with Gasteiger partial charge in [-0.15, -0.1) is 0 Å². The molecule has 0 bridgehead atoms. The minimum absolute atomic E-state index is 0.937. The molecule has 1 nitrogen and oxygen atoms in total. The average molecular weight is 376 g/mol. The Bertz CT molecular complexity index is 756. The lowest BCUT2D eigenvalue weighted by atomic mass is 9.98. The van der Waals surface area contributed by atoms with Crippen LogP contribution in [0.3, 0.4) is 0 Å². The maximum atomic E-state index is 5.30. The topological polar surface area (TPSA) is 26.0 Å². The van der Waals surface area contributed by atoms with E-state index in [0.29, 0.717) is 0 Å². The van der Waals surface area contributed by atoms with Crippen molar-refractivity contribution >= 4 is 5.57 Å². The van der Waals surface area contributed by atoms with Gasteiger partial charge in [-0.1, -0.05) is 84.9 Å². The van der Waals surface area contributed by atoms with Crippen molar-refractivity contribution in [3.8, 4) is 23.7 Å². The molecule has 0 unspecified atom stereocenters. The predicted octanol–water partition coefficient (Wildman–Crippen LogP) is 7.13. The molecule has 2 N–H and O–H groups in total. The van der Waals surface area contributed by atoms with Crippen LogP contribution in [0.25, 0.3) is 5.57 Å². The molecule has 1 heteroatoms. The van der Waals surface area contributed by atoms with E-state index in [1.807, 2.05) is 26.0 Å². The minimum Gasteiger partial charge on any atom is -0.405 e. The van der Waals surface area contributed by atoms with Gasteiger partial charge in [0.2, 0.25) is 0 Å². The van der Waals surface area contributed by atoms with Gasteiger partial charge in [-0.2, -0.15) is 0 Å². The molecule has 0 fully saturated rings. The lowest BCUT2D eigenvalue weighted by Gasteiger charge is -2.07. The zero-order valence-corrected chi connectivity index (χ0v) is 19.0. The summed E-state index contributed by atoms with van der Waals surface area (Å²) in [6.45, 7) is 16.1. The number of allylic oxidation sites excluding steroid dienone is 7. The summed E-state index contributed by atoms with van der Waals surface area (Å²) in [5.41, 5.74) is 11.8. The van der Waals surface area contributed by atoms with Crippen LogP contribution in [-0.2, 0) is 0 Å². The molecule has 1 aromatic rings. The summed E-state index contributed by atoms with van der Waals surface area (Å²) in [6.07, 6.45) is 12.8. The number of rotatable bonds is 5. The van der Waals surface area contributed by atoms with Crippen molar-refractivity contribution in [1.29, 1.82) is 0 Å². The Kier molecular flexibility index (Phi) is 18.4. The van der Waals surface area contributed by atoms with Gasteiger partial charge in [-0.25, -0.2) is 0 Å². The first-order valence-electron chi connectivity index (χ1n) is 9.77. The van der Waals surface area contributed by atoms with Crippen LogP contribution in [0.1, 0.15) is 64.7 Å². The molecular weight excluding hydrogens is 338 g/mol.